The molecular formula is C15H22N2O. The number of hydrogen-bond donors (Lipinski definition) is 2. The molecule has 1 atom stereocenters. The van der Waals surface area contributed by atoms with Crippen molar-refractivity contribution in [3.05, 3.63) is 42.0 Å². The van der Waals surface area contributed by atoms with Crippen LogP contribution in [0.2, 0.25) is 0 Å². The van der Waals surface area contributed by atoms with E-state index in [4.69, 9.17) is 10.5 Å². The fourth-order valence-corrected chi connectivity index (χ4v) is 2.14. The van der Waals surface area contributed by atoms with Gasteiger partial charge in [0.15, 0.2) is 0 Å². The van der Waals surface area contributed by atoms with Gasteiger partial charge in [0, 0.05) is 12.6 Å². The van der Waals surface area contributed by atoms with Crippen molar-refractivity contribution in [3.63, 3.8) is 0 Å². The van der Waals surface area contributed by atoms with E-state index in [1.165, 1.54) is 5.56 Å². The molecule has 3 nitrogen and oxygen atoms in total. The molecule has 1 aromatic rings. The number of rotatable bonds is 6. The number of nitrogens with one attached hydrogen (secondary N) is 1. The van der Waals surface area contributed by atoms with Crippen molar-refractivity contribution in [3.8, 4) is 5.75 Å². The van der Waals surface area contributed by atoms with Gasteiger partial charge in [-0.25, -0.2) is 0 Å². The van der Waals surface area contributed by atoms with Crippen molar-refractivity contribution in [1.82, 2.24) is 5.32 Å². The second-order valence-corrected chi connectivity index (χ2v) is 4.65. The third-order valence-corrected chi connectivity index (χ3v) is 3.11. The molecule has 2 rings (SSSR count). The zero-order valence-corrected chi connectivity index (χ0v) is 10.8. The minimum absolute atomic E-state index is 0.550. The van der Waals surface area contributed by atoms with Gasteiger partial charge in [-0.05, 0) is 43.5 Å². The molecule has 1 unspecified atom stereocenters. The van der Waals surface area contributed by atoms with Crippen molar-refractivity contribution in [1.29, 1.82) is 0 Å². The maximum absolute atomic E-state index is 5.66. The van der Waals surface area contributed by atoms with Crippen LogP contribution in [0.25, 0.3) is 0 Å². The maximum Gasteiger partial charge on any atom is 0.119 e. The second-order valence-electron chi connectivity index (χ2n) is 4.65. The molecule has 0 saturated carbocycles. The Kier molecular flexibility index (Phi) is 5.24. The highest BCUT2D eigenvalue weighted by atomic mass is 16.5. The Labute approximate surface area is 109 Å². The lowest BCUT2D eigenvalue weighted by molar-refractivity contribution is 0.313. The smallest absolute Gasteiger partial charge is 0.119 e. The Balaban J connectivity index is 1.88. The largest absolute Gasteiger partial charge is 0.494 e. The Morgan fingerprint density at radius 1 is 1.33 bits per heavy atom. The first-order valence-electron chi connectivity index (χ1n) is 6.68. The first kappa shape index (κ1) is 13.1. The summed E-state index contributed by atoms with van der Waals surface area (Å²) in [6.45, 7) is 2.36. The Morgan fingerprint density at radius 2 is 2.28 bits per heavy atom. The first-order valence-corrected chi connectivity index (χ1v) is 6.68. The van der Waals surface area contributed by atoms with Crippen LogP contribution in [-0.2, 0) is 6.42 Å². The summed E-state index contributed by atoms with van der Waals surface area (Å²) < 4.78 is 5.66. The molecule has 1 aliphatic rings. The van der Waals surface area contributed by atoms with Crippen LogP contribution in [0.4, 0.5) is 0 Å². The van der Waals surface area contributed by atoms with Crippen LogP contribution in [0.5, 0.6) is 5.75 Å². The standard InChI is InChI=1S/C15H22N2O/c16-8-4-10-18-15-7-3-5-13(12-15)11-14-6-1-2-9-17-14/h1-3,5,7,12,14,17H,4,6,8-11,16H2. The molecule has 0 fully saturated rings. The van der Waals surface area contributed by atoms with Gasteiger partial charge >= 0.3 is 0 Å². The summed E-state index contributed by atoms with van der Waals surface area (Å²) in [6, 6.07) is 8.92. The Morgan fingerprint density at radius 3 is 3.06 bits per heavy atom. The topological polar surface area (TPSA) is 47.3 Å². The summed E-state index contributed by atoms with van der Waals surface area (Å²) in [6.07, 6.45) is 7.50. The van der Waals surface area contributed by atoms with Gasteiger partial charge in [0.25, 0.3) is 0 Å². The van der Waals surface area contributed by atoms with Gasteiger partial charge in [-0.3, -0.25) is 0 Å². The van der Waals surface area contributed by atoms with Crippen LogP contribution < -0.4 is 15.8 Å². The molecule has 18 heavy (non-hydrogen) atoms. The molecule has 3 heteroatoms. The summed E-state index contributed by atoms with van der Waals surface area (Å²) >= 11 is 0. The molecule has 0 aromatic heterocycles. The summed E-state index contributed by atoms with van der Waals surface area (Å²) in [4.78, 5) is 0. The molecule has 1 aliphatic heterocycles. The molecule has 0 saturated heterocycles. The fraction of sp³-hybridized carbons (Fsp3) is 0.467. The van der Waals surface area contributed by atoms with E-state index in [0.717, 1.165) is 31.6 Å². The SMILES string of the molecule is NCCCOc1cccc(CC2CC=CCN2)c1. The van der Waals surface area contributed by atoms with Crippen LogP contribution in [0.3, 0.4) is 0 Å². The lowest BCUT2D eigenvalue weighted by Crippen LogP contribution is -2.33. The molecule has 98 valence electrons. The molecule has 0 radical (unpaired) electrons. The van der Waals surface area contributed by atoms with E-state index >= 15 is 0 Å². The second kappa shape index (κ2) is 7.19. The molecule has 1 aromatic carbocycles. The third-order valence-electron chi connectivity index (χ3n) is 3.11. The van der Waals surface area contributed by atoms with E-state index < -0.39 is 0 Å². The number of benzene rings is 1. The highest BCUT2D eigenvalue weighted by Gasteiger charge is 2.09. The summed E-state index contributed by atoms with van der Waals surface area (Å²) in [7, 11) is 0. The molecule has 3 N–H and O–H groups in total. The third kappa shape index (κ3) is 4.17. The fourth-order valence-electron chi connectivity index (χ4n) is 2.14. The molecular weight excluding hydrogens is 224 g/mol. The molecule has 0 amide bonds. The maximum atomic E-state index is 5.66. The van der Waals surface area contributed by atoms with Crippen LogP contribution in [0, 0.1) is 0 Å². The summed E-state index contributed by atoms with van der Waals surface area (Å²) in [5, 5.41) is 3.50. The summed E-state index contributed by atoms with van der Waals surface area (Å²) in [5.74, 6) is 0.951. The normalized spacial score (nSPS) is 18.8. The van der Waals surface area contributed by atoms with Gasteiger partial charge in [0.1, 0.15) is 5.75 Å². The van der Waals surface area contributed by atoms with Gasteiger partial charge in [-0.2, -0.15) is 0 Å². The minimum Gasteiger partial charge on any atom is -0.494 e. The highest BCUT2D eigenvalue weighted by Crippen LogP contribution is 2.16. The lowest BCUT2D eigenvalue weighted by Gasteiger charge is -2.19. The molecule has 0 bridgehead atoms. The minimum atomic E-state index is 0.550. The highest BCUT2D eigenvalue weighted by molar-refractivity contribution is 5.29. The van der Waals surface area contributed by atoms with Crippen LogP contribution in [0.1, 0.15) is 18.4 Å². The Hall–Kier alpha value is -1.32. The van der Waals surface area contributed by atoms with Crippen LogP contribution in [-0.4, -0.2) is 25.7 Å². The van der Waals surface area contributed by atoms with Gasteiger partial charge in [0.2, 0.25) is 0 Å². The molecule has 0 aliphatic carbocycles. The zero-order valence-electron chi connectivity index (χ0n) is 10.8. The van der Waals surface area contributed by atoms with E-state index in [1.807, 2.05) is 6.07 Å². The summed E-state index contributed by atoms with van der Waals surface area (Å²) in [5.41, 5.74) is 6.78. The van der Waals surface area contributed by atoms with Crippen molar-refractivity contribution in [2.45, 2.75) is 25.3 Å². The van der Waals surface area contributed by atoms with Crippen LogP contribution in [0.15, 0.2) is 36.4 Å². The van der Waals surface area contributed by atoms with Crippen molar-refractivity contribution < 1.29 is 4.74 Å². The van der Waals surface area contributed by atoms with Gasteiger partial charge < -0.3 is 15.8 Å². The molecule has 1 heterocycles. The quantitative estimate of drug-likeness (QED) is 0.595. The zero-order chi connectivity index (χ0) is 12.6. The van der Waals surface area contributed by atoms with Gasteiger partial charge in [-0.15, -0.1) is 0 Å². The van der Waals surface area contributed by atoms with E-state index in [0.29, 0.717) is 19.2 Å². The number of ether oxygens (including phenoxy) is 1. The predicted octanol–water partition coefficient (Wildman–Crippen LogP) is 1.87. The van der Waals surface area contributed by atoms with Gasteiger partial charge in [0.05, 0.1) is 6.61 Å². The number of hydrogen-bond acceptors (Lipinski definition) is 3. The Bertz CT molecular complexity index is 390. The van der Waals surface area contributed by atoms with Crippen molar-refractivity contribution in [2.75, 3.05) is 19.7 Å². The average molecular weight is 246 g/mol. The van der Waals surface area contributed by atoms with E-state index in [-0.39, 0.29) is 0 Å². The first-order chi connectivity index (χ1) is 8.88. The van der Waals surface area contributed by atoms with E-state index in [1.54, 1.807) is 0 Å². The predicted molar refractivity (Wildman–Crippen MR) is 74.9 cm³/mol. The monoisotopic (exact) mass is 246 g/mol. The van der Waals surface area contributed by atoms with Crippen molar-refractivity contribution in [2.24, 2.45) is 5.73 Å². The number of nitrogens with two attached hydrogens (primary N) is 1. The van der Waals surface area contributed by atoms with E-state index in [2.05, 4.69) is 35.7 Å². The average Bonchev–Trinajstić information content (AvgIpc) is 2.41. The van der Waals surface area contributed by atoms with Crippen molar-refractivity contribution >= 4 is 0 Å². The lowest BCUT2D eigenvalue weighted by atomic mass is 10.0. The molecule has 0 spiro atoms. The van der Waals surface area contributed by atoms with E-state index in [9.17, 15) is 0 Å². The van der Waals surface area contributed by atoms with Crippen LogP contribution >= 0.6 is 0 Å². The van der Waals surface area contributed by atoms with Gasteiger partial charge in [-0.1, -0.05) is 24.3 Å².